The van der Waals surface area contributed by atoms with E-state index in [9.17, 15) is 9.59 Å². The van der Waals surface area contributed by atoms with E-state index in [4.69, 9.17) is 11.6 Å². The van der Waals surface area contributed by atoms with Gasteiger partial charge in [-0.3, -0.25) is 14.2 Å². The number of rotatable bonds is 5. The van der Waals surface area contributed by atoms with E-state index in [2.05, 4.69) is 22.4 Å². The van der Waals surface area contributed by atoms with Crippen molar-refractivity contribution in [3.63, 3.8) is 0 Å². The van der Waals surface area contributed by atoms with Crippen molar-refractivity contribution < 1.29 is 4.79 Å². The van der Waals surface area contributed by atoms with Gasteiger partial charge in [0.25, 0.3) is 5.56 Å². The number of amides is 1. The molecule has 0 aliphatic heterocycles. The molecule has 1 atom stereocenters. The second-order valence-corrected chi connectivity index (χ2v) is 7.65. The molecule has 4 rings (SSSR count). The van der Waals surface area contributed by atoms with Crippen molar-refractivity contribution in [1.82, 2.24) is 14.9 Å². The van der Waals surface area contributed by atoms with Crippen molar-refractivity contribution in [2.24, 2.45) is 0 Å². The topological polar surface area (TPSA) is 64.0 Å². The zero-order valence-corrected chi connectivity index (χ0v) is 16.9. The van der Waals surface area contributed by atoms with Gasteiger partial charge < -0.3 is 5.32 Å². The molecule has 0 saturated heterocycles. The zero-order valence-electron chi connectivity index (χ0n) is 16.2. The van der Waals surface area contributed by atoms with Crippen LogP contribution in [0.25, 0.3) is 11.4 Å². The van der Waals surface area contributed by atoms with E-state index < -0.39 is 0 Å². The first-order valence-corrected chi connectivity index (χ1v) is 10.2. The summed E-state index contributed by atoms with van der Waals surface area (Å²) in [6, 6.07) is 16.8. The minimum absolute atomic E-state index is 0.0214. The summed E-state index contributed by atoms with van der Waals surface area (Å²) in [5.41, 5.74) is 3.58. The number of halogens is 1. The molecule has 1 N–H and O–H groups in total. The Kier molecular flexibility index (Phi) is 5.49. The number of hydrogen-bond donors (Lipinski definition) is 1. The first-order chi connectivity index (χ1) is 14.0. The highest BCUT2D eigenvalue weighted by atomic mass is 35.5. The fourth-order valence-electron chi connectivity index (χ4n) is 3.83. The van der Waals surface area contributed by atoms with Crippen LogP contribution in [0.3, 0.4) is 0 Å². The Morgan fingerprint density at radius 1 is 1.21 bits per heavy atom. The van der Waals surface area contributed by atoms with Crippen molar-refractivity contribution in [2.45, 2.75) is 38.8 Å². The van der Waals surface area contributed by atoms with E-state index in [-0.39, 0.29) is 24.1 Å². The van der Waals surface area contributed by atoms with Gasteiger partial charge in [0.15, 0.2) is 0 Å². The van der Waals surface area contributed by atoms with Gasteiger partial charge in [0, 0.05) is 22.3 Å². The predicted octanol–water partition coefficient (Wildman–Crippen LogP) is 3.93. The summed E-state index contributed by atoms with van der Waals surface area (Å²) in [4.78, 5) is 30.2. The lowest BCUT2D eigenvalue weighted by Gasteiger charge is -2.17. The quantitative estimate of drug-likeness (QED) is 0.697. The molecular weight excluding hydrogens is 386 g/mol. The SMILES string of the molecule is CCc1cc(=O)n(CC(=O)N[C@H]2CCc3ccccc32)c(-c2cccc(Cl)c2)n1. The Labute approximate surface area is 174 Å². The molecule has 1 heterocycles. The van der Waals surface area contributed by atoms with Crippen molar-refractivity contribution in [2.75, 3.05) is 0 Å². The fraction of sp³-hybridized carbons (Fsp3) is 0.261. The average molecular weight is 408 g/mol. The van der Waals surface area contributed by atoms with Crippen LogP contribution in [0.4, 0.5) is 0 Å². The summed E-state index contributed by atoms with van der Waals surface area (Å²) in [5, 5.41) is 3.63. The number of carbonyl (C=O) groups excluding carboxylic acids is 1. The first kappa shape index (κ1) is 19.4. The van der Waals surface area contributed by atoms with Gasteiger partial charge in [-0.2, -0.15) is 0 Å². The van der Waals surface area contributed by atoms with Crippen LogP contribution in [0.2, 0.25) is 5.02 Å². The minimum Gasteiger partial charge on any atom is -0.348 e. The van der Waals surface area contributed by atoms with E-state index in [0.717, 1.165) is 18.4 Å². The molecule has 1 amide bonds. The lowest BCUT2D eigenvalue weighted by Crippen LogP contribution is -2.35. The summed E-state index contributed by atoms with van der Waals surface area (Å²) in [6.45, 7) is 1.86. The Morgan fingerprint density at radius 2 is 2.03 bits per heavy atom. The van der Waals surface area contributed by atoms with Crippen molar-refractivity contribution >= 4 is 17.5 Å². The molecule has 0 saturated carbocycles. The molecule has 29 heavy (non-hydrogen) atoms. The second kappa shape index (κ2) is 8.21. The summed E-state index contributed by atoms with van der Waals surface area (Å²) in [7, 11) is 0. The molecule has 6 heteroatoms. The maximum absolute atomic E-state index is 12.8. The Hall–Kier alpha value is -2.92. The fourth-order valence-corrected chi connectivity index (χ4v) is 4.02. The van der Waals surface area contributed by atoms with E-state index >= 15 is 0 Å². The normalized spacial score (nSPS) is 15.2. The van der Waals surface area contributed by atoms with Crippen molar-refractivity contribution in [3.05, 3.63) is 86.8 Å². The summed E-state index contributed by atoms with van der Waals surface area (Å²) < 4.78 is 1.42. The van der Waals surface area contributed by atoms with E-state index in [1.54, 1.807) is 12.1 Å². The van der Waals surface area contributed by atoms with E-state index in [1.807, 2.05) is 31.2 Å². The average Bonchev–Trinajstić information content (AvgIpc) is 3.12. The zero-order chi connectivity index (χ0) is 20.4. The van der Waals surface area contributed by atoms with Crippen LogP contribution >= 0.6 is 11.6 Å². The van der Waals surface area contributed by atoms with Gasteiger partial charge in [0.05, 0.1) is 6.04 Å². The van der Waals surface area contributed by atoms with Crippen LogP contribution < -0.4 is 10.9 Å². The van der Waals surface area contributed by atoms with Crippen LogP contribution in [0.5, 0.6) is 0 Å². The minimum atomic E-state index is -0.242. The van der Waals surface area contributed by atoms with Gasteiger partial charge >= 0.3 is 0 Å². The van der Waals surface area contributed by atoms with Crippen LogP contribution in [0, 0.1) is 0 Å². The molecule has 0 radical (unpaired) electrons. The lowest BCUT2D eigenvalue weighted by atomic mass is 10.1. The van der Waals surface area contributed by atoms with E-state index in [0.29, 0.717) is 28.5 Å². The molecule has 2 aromatic carbocycles. The van der Waals surface area contributed by atoms with Gasteiger partial charge in [0.1, 0.15) is 12.4 Å². The molecule has 1 aliphatic carbocycles. The molecule has 0 spiro atoms. The lowest BCUT2D eigenvalue weighted by molar-refractivity contribution is -0.122. The Bertz CT molecular complexity index is 1120. The van der Waals surface area contributed by atoms with Crippen molar-refractivity contribution in [1.29, 1.82) is 0 Å². The second-order valence-electron chi connectivity index (χ2n) is 7.22. The number of aromatic nitrogens is 2. The molecule has 148 valence electrons. The maximum atomic E-state index is 12.8. The summed E-state index contributed by atoms with van der Waals surface area (Å²) in [5.74, 6) is 0.252. The highest BCUT2D eigenvalue weighted by Gasteiger charge is 2.24. The maximum Gasteiger partial charge on any atom is 0.254 e. The standard InChI is InChI=1S/C23H22ClN3O2/c1-2-18-13-22(29)27(23(25-18)16-7-5-8-17(24)12-16)14-21(28)26-20-11-10-15-6-3-4-9-19(15)20/h3-9,12-13,20H,2,10-11,14H2,1H3,(H,26,28)/t20-/m0/s1. The molecular formula is C23H22ClN3O2. The molecule has 0 fully saturated rings. The Morgan fingerprint density at radius 3 is 2.83 bits per heavy atom. The van der Waals surface area contributed by atoms with Gasteiger partial charge in [0.2, 0.25) is 5.91 Å². The predicted molar refractivity (Wildman–Crippen MR) is 114 cm³/mol. The van der Waals surface area contributed by atoms with Crippen LogP contribution in [-0.4, -0.2) is 15.5 Å². The largest absolute Gasteiger partial charge is 0.348 e. The highest BCUT2D eigenvalue weighted by molar-refractivity contribution is 6.30. The smallest absolute Gasteiger partial charge is 0.254 e. The van der Waals surface area contributed by atoms with Gasteiger partial charge in [-0.15, -0.1) is 0 Å². The third-order valence-electron chi connectivity index (χ3n) is 5.28. The number of benzene rings is 2. The van der Waals surface area contributed by atoms with Crippen LogP contribution in [0.1, 0.15) is 36.2 Å². The Balaban J connectivity index is 1.63. The number of hydrogen-bond acceptors (Lipinski definition) is 3. The molecule has 0 bridgehead atoms. The van der Waals surface area contributed by atoms with Crippen LogP contribution in [-0.2, 0) is 24.2 Å². The number of nitrogens with zero attached hydrogens (tertiary/aromatic N) is 2. The first-order valence-electron chi connectivity index (χ1n) is 9.79. The van der Waals surface area contributed by atoms with Gasteiger partial charge in [-0.1, -0.05) is 54.9 Å². The molecule has 3 aromatic rings. The summed E-state index contributed by atoms with van der Waals surface area (Å²) in [6.07, 6.45) is 2.45. The van der Waals surface area contributed by atoms with Crippen molar-refractivity contribution in [3.8, 4) is 11.4 Å². The summed E-state index contributed by atoms with van der Waals surface area (Å²) >= 11 is 6.13. The molecule has 0 unspecified atom stereocenters. The number of fused-ring (bicyclic) bond motifs is 1. The van der Waals surface area contributed by atoms with Gasteiger partial charge in [-0.05, 0) is 42.5 Å². The highest BCUT2D eigenvalue weighted by Crippen LogP contribution is 2.30. The number of aryl methyl sites for hydroxylation is 2. The van der Waals surface area contributed by atoms with E-state index in [1.165, 1.54) is 16.2 Å². The third kappa shape index (κ3) is 4.10. The molecule has 1 aromatic heterocycles. The molecule has 1 aliphatic rings. The number of nitrogens with one attached hydrogen (secondary N) is 1. The number of carbonyl (C=O) groups is 1. The monoisotopic (exact) mass is 407 g/mol. The third-order valence-corrected chi connectivity index (χ3v) is 5.51. The molecule has 5 nitrogen and oxygen atoms in total. The van der Waals surface area contributed by atoms with Gasteiger partial charge in [-0.25, -0.2) is 4.98 Å². The van der Waals surface area contributed by atoms with Crippen LogP contribution in [0.15, 0.2) is 59.4 Å².